The number of fused-ring (bicyclic) bond motifs is 3. The van der Waals surface area contributed by atoms with Gasteiger partial charge in [-0.05, 0) is 75.1 Å². The Morgan fingerprint density at radius 3 is 2.83 bits per heavy atom. The van der Waals surface area contributed by atoms with Crippen molar-refractivity contribution in [1.29, 1.82) is 0 Å². The van der Waals surface area contributed by atoms with Crippen LogP contribution < -0.4 is 5.32 Å². The second-order valence-corrected chi connectivity index (χ2v) is 10.3. The summed E-state index contributed by atoms with van der Waals surface area (Å²) in [5, 5.41) is 13.5. The minimum absolute atomic E-state index is 0.00518. The first kappa shape index (κ1) is 24.2. The van der Waals surface area contributed by atoms with E-state index in [1.165, 1.54) is 12.0 Å². The molecule has 0 aliphatic carbocycles. The van der Waals surface area contributed by atoms with Crippen LogP contribution in [0.25, 0.3) is 0 Å². The zero-order valence-corrected chi connectivity index (χ0v) is 20.8. The van der Waals surface area contributed by atoms with Gasteiger partial charge in [0.25, 0.3) is 0 Å². The second-order valence-electron chi connectivity index (χ2n) is 10.3. The number of ether oxygens (including phenoxy) is 2. The van der Waals surface area contributed by atoms with Gasteiger partial charge in [-0.25, -0.2) is 4.98 Å². The molecule has 1 unspecified atom stereocenters. The third-order valence-corrected chi connectivity index (χ3v) is 7.41. The van der Waals surface area contributed by atoms with Crippen molar-refractivity contribution in [2.45, 2.75) is 82.8 Å². The number of nitrogens with one attached hydrogen (secondary N) is 1. The van der Waals surface area contributed by atoms with Crippen molar-refractivity contribution in [3.8, 4) is 0 Å². The number of hydrogen-bond donors (Lipinski definition) is 2. The van der Waals surface area contributed by atoms with E-state index in [0.717, 1.165) is 61.3 Å². The highest BCUT2D eigenvalue weighted by atomic mass is 16.5. The molecular weight excluding hydrogens is 442 g/mol. The quantitative estimate of drug-likeness (QED) is 0.511. The molecule has 3 aliphatic heterocycles. The standard InChI is InChI=1S/C28H37N3O4/c1-18(2)35-26-23-11-4-3-10-22(23)25(28(32)33)31-17-21(16-24(26)31)34-15-6-5-9-20-13-12-19-8-7-14-29-27(19)30-20/h3-4,10-13,18,21,24-26H,5-9,14-17H2,1-2H3,(H,29,30)(H,32,33)/t21-,24?,25+,26-/m1/s1. The summed E-state index contributed by atoms with van der Waals surface area (Å²) in [7, 11) is 0. The smallest absolute Gasteiger partial charge is 0.325 e. The van der Waals surface area contributed by atoms with Gasteiger partial charge in [0, 0.05) is 31.4 Å². The number of anilines is 1. The lowest BCUT2D eigenvalue weighted by Crippen LogP contribution is -2.46. The van der Waals surface area contributed by atoms with Crippen molar-refractivity contribution < 1.29 is 19.4 Å². The molecule has 188 valence electrons. The fraction of sp³-hybridized carbons (Fsp3) is 0.571. The maximum atomic E-state index is 12.3. The lowest BCUT2D eigenvalue weighted by atomic mass is 9.86. The van der Waals surface area contributed by atoms with Gasteiger partial charge in [0.2, 0.25) is 0 Å². The SMILES string of the molecule is CC(C)O[C@@H]1c2ccccc2[C@@H](C(=O)O)N2C[C@H](OCCCCc3ccc4c(n3)NCCC4)CC12. The topological polar surface area (TPSA) is 83.9 Å². The number of carbonyl (C=O) groups is 1. The van der Waals surface area contributed by atoms with Crippen LogP contribution in [0.2, 0.25) is 0 Å². The van der Waals surface area contributed by atoms with Gasteiger partial charge in [-0.1, -0.05) is 30.3 Å². The van der Waals surface area contributed by atoms with Crippen molar-refractivity contribution in [3.05, 3.63) is 58.8 Å². The van der Waals surface area contributed by atoms with E-state index < -0.39 is 12.0 Å². The molecule has 1 aromatic heterocycles. The van der Waals surface area contributed by atoms with Gasteiger partial charge < -0.3 is 19.9 Å². The first-order valence-corrected chi connectivity index (χ1v) is 13.1. The zero-order valence-electron chi connectivity index (χ0n) is 20.8. The van der Waals surface area contributed by atoms with E-state index in [2.05, 4.69) is 22.3 Å². The van der Waals surface area contributed by atoms with Crippen LogP contribution in [0.15, 0.2) is 36.4 Å². The molecule has 7 nitrogen and oxygen atoms in total. The van der Waals surface area contributed by atoms with Gasteiger partial charge >= 0.3 is 5.97 Å². The molecule has 3 aliphatic rings. The predicted molar refractivity (Wildman–Crippen MR) is 135 cm³/mol. The van der Waals surface area contributed by atoms with E-state index in [9.17, 15) is 9.90 Å². The Bertz CT molecular complexity index is 1040. The van der Waals surface area contributed by atoms with E-state index in [0.29, 0.717) is 13.2 Å². The number of benzene rings is 1. The van der Waals surface area contributed by atoms with Gasteiger partial charge in [0.05, 0.1) is 18.3 Å². The molecule has 2 aromatic rings. The van der Waals surface area contributed by atoms with E-state index in [1.807, 2.05) is 38.1 Å². The highest BCUT2D eigenvalue weighted by Crippen LogP contribution is 2.46. The number of aliphatic carboxylic acids is 1. The van der Waals surface area contributed by atoms with Crippen LogP contribution in [-0.4, -0.2) is 58.9 Å². The monoisotopic (exact) mass is 479 g/mol. The molecule has 1 aromatic carbocycles. The Kier molecular flexibility index (Phi) is 7.37. The number of carboxylic acids is 1. The van der Waals surface area contributed by atoms with Gasteiger partial charge in [0.1, 0.15) is 11.9 Å². The van der Waals surface area contributed by atoms with E-state index in [4.69, 9.17) is 14.5 Å². The van der Waals surface area contributed by atoms with Gasteiger partial charge in [-0.3, -0.25) is 9.69 Å². The summed E-state index contributed by atoms with van der Waals surface area (Å²) >= 11 is 0. The van der Waals surface area contributed by atoms with Crippen LogP contribution in [0.5, 0.6) is 0 Å². The molecule has 4 heterocycles. The average Bonchev–Trinajstić information content (AvgIpc) is 3.26. The number of rotatable bonds is 9. The largest absolute Gasteiger partial charge is 0.480 e. The third-order valence-electron chi connectivity index (χ3n) is 7.41. The first-order valence-electron chi connectivity index (χ1n) is 13.1. The molecule has 0 radical (unpaired) electrons. The van der Waals surface area contributed by atoms with Gasteiger partial charge in [0.15, 0.2) is 0 Å². The molecule has 5 rings (SSSR count). The molecule has 0 bridgehead atoms. The fourth-order valence-corrected chi connectivity index (χ4v) is 5.87. The molecule has 7 heteroatoms. The number of aromatic nitrogens is 1. The molecule has 1 saturated heterocycles. The minimum atomic E-state index is -0.807. The lowest BCUT2D eigenvalue weighted by Gasteiger charge is -2.42. The number of pyridine rings is 1. The van der Waals surface area contributed by atoms with Crippen LogP contribution in [0.1, 0.15) is 74.1 Å². The Morgan fingerprint density at radius 2 is 2.03 bits per heavy atom. The first-order chi connectivity index (χ1) is 17.0. The summed E-state index contributed by atoms with van der Waals surface area (Å²) in [6.07, 6.45) is 5.93. The number of nitrogens with zero attached hydrogens (tertiary/aromatic N) is 2. The Hall–Kier alpha value is -2.48. The van der Waals surface area contributed by atoms with Crippen LogP contribution >= 0.6 is 0 Å². The molecule has 0 saturated carbocycles. The summed E-state index contributed by atoms with van der Waals surface area (Å²) in [6, 6.07) is 11.6. The molecule has 1 fully saturated rings. The third kappa shape index (κ3) is 5.22. The van der Waals surface area contributed by atoms with Crippen LogP contribution in [0.4, 0.5) is 5.82 Å². The molecule has 2 N–H and O–H groups in total. The van der Waals surface area contributed by atoms with Crippen molar-refractivity contribution in [2.75, 3.05) is 25.0 Å². The predicted octanol–water partition coefficient (Wildman–Crippen LogP) is 4.53. The number of aryl methyl sites for hydroxylation is 2. The van der Waals surface area contributed by atoms with Crippen LogP contribution in [0.3, 0.4) is 0 Å². The summed E-state index contributed by atoms with van der Waals surface area (Å²) in [6.45, 7) is 6.37. The number of hydrogen-bond acceptors (Lipinski definition) is 6. The van der Waals surface area contributed by atoms with E-state index in [-0.39, 0.29) is 24.4 Å². The number of carboxylic acid groups (broad SMARTS) is 1. The van der Waals surface area contributed by atoms with Crippen LogP contribution in [0, 0.1) is 0 Å². The molecular formula is C28H37N3O4. The second kappa shape index (κ2) is 10.6. The summed E-state index contributed by atoms with van der Waals surface area (Å²) in [5.41, 5.74) is 4.30. The summed E-state index contributed by atoms with van der Waals surface area (Å²) in [4.78, 5) is 19.2. The van der Waals surface area contributed by atoms with E-state index in [1.54, 1.807) is 0 Å². The maximum absolute atomic E-state index is 12.3. The summed E-state index contributed by atoms with van der Waals surface area (Å²) < 4.78 is 12.6. The van der Waals surface area contributed by atoms with E-state index >= 15 is 0 Å². The average molecular weight is 480 g/mol. The molecule has 0 spiro atoms. The van der Waals surface area contributed by atoms with Crippen LogP contribution in [-0.2, 0) is 27.1 Å². The highest BCUT2D eigenvalue weighted by molar-refractivity contribution is 5.77. The normalized spacial score (nSPS) is 25.6. The lowest BCUT2D eigenvalue weighted by molar-refractivity contribution is -0.147. The maximum Gasteiger partial charge on any atom is 0.325 e. The highest BCUT2D eigenvalue weighted by Gasteiger charge is 2.49. The van der Waals surface area contributed by atoms with Crippen molar-refractivity contribution >= 4 is 11.8 Å². The van der Waals surface area contributed by atoms with Gasteiger partial charge in [-0.2, -0.15) is 0 Å². The molecule has 35 heavy (non-hydrogen) atoms. The van der Waals surface area contributed by atoms with Crippen molar-refractivity contribution in [3.63, 3.8) is 0 Å². The van der Waals surface area contributed by atoms with Crippen molar-refractivity contribution in [1.82, 2.24) is 9.88 Å². The minimum Gasteiger partial charge on any atom is -0.480 e. The molecule has 0 amide bonds. The number of unbranched alkanes of at least 4 members (excludes halogenated alkanes) is 1. The summed E-state index contributed by atoms with van der Waals surface area (Å²) in [5.74, 6) is 0.248. The van der Waals surface area contributed by atoms with Gasteiger partial charge in [-0.15, -0.1) is 0 Å². The fourth-order valence-electron chi connectivity index (χ4n) is 5.87. The van der Waals surface area contributed by atoms with Crippen molar-refractivity contribution in [2.24, 2.45) is 0 Å². The molecule has 4 atom stereocenters. The Balaban J connectivity index is 1.17. The Morgan fingerprint density at radius 1 is 1.20 bits per heavy atom. The Labute approximate surface area is 207 Å². The zero-order chi connectivity index (χ0) is 24.4.